The van der Waals surface area contributed by atoms with Gasteiger partial charge in [0.25, 0.3) is 0 Å². The average Bonchev–Trinajstić information content (AvgIpc) is 2.79. The van der Waals surface area contributed by atoms with Gasteiger partial charge in [-0.15, -0.1) is 0 Å². The van der Waals surface area contributed by atoms with E-state index in [1.165, 1.54) is 32.1 Å². The van der Waals surface area contributed by atoms with E-state index in [4.69, 9.17) is 21.1 Å². The molecule has 0 saturated heterocycles. The van der Waals surface area contributed by atoms with Gasteiger partial charge in [0.1, 0.15) is 6.61 Å². The van der Waals surface area contributed by atoms with Gasteiger partial charge in [0.15, 0.2) is 11.5 Å². The molecule has 0 aliphatic heterocycles. The van der Waals surface area contributed by atoms with Crippen molar-refractivity contribution >= 4 is 23.7 Å². The topological polar surface area (TPSA) is 59.9 Å². The monoisotopic (exact) mass is 458 g/mol. The van der Waals surface area contributed by atoms with E-state index in [0.717, 1.165) is 24.0 Å². The lowest BCUT2D eigenvalue weighted by molar-refractivity contribution is -0.121. The van der Waals surface area contributed by atoms with Crippen molar-refractivity contribution in [2.24, 2.45) is 5.10 Å². The van der Waals surface area contributed by atoms with Crippen LogP contribution in [0.4, 0.5) is 0 Å². The molecule has 0 aromatic heterocycles. The zero-order chi connectivity index (χ0) is 23.0. The summed E-state index contributed by atoms with van der Waals surface area (Å²) >= 11 is 5.93. The highest BCUT2D eigenvalue weighted by atomic mass is 35.5. The van der Waals surface area contributed by atoms with Crippen molar-refractivity contribution in [3.63, 3.8) is 0 Å². The maximum atomic E-state index is 12.0. The van der Waals surface area contributed by atoms with E-state index in [1.807, 2.05) is 49.4 Å². The molecule has 0 unspecified atom stereocenters. The Hall–Kier alpha value is -2.53. The van der Waals surface area contributed by atoms with E-state index in [2.05, 4.69) is 17.5 Å². The van der Waals surface area contributed by atoms with Gasteiger partial charge in [0.2, 0.25) is 5.91 Å². The first-order valence-electron chi connectivity index (χ1n) is 11.6. The fraction of sp³-hybridized carbons (Fsp3) is 0.462. The van der Waals surface area contributed by atoms with Gasteiger partial charge < -0.3 is 9.47 Å². The number of carbonyl (C=O) groups excluding carboxylic acids is 1. The van der Waals surface area contributed by atoms with Crippen LogP contribution >= 0.6 is 11.6 Å². The van der Waals surface area contributed by atoms with Crippen LogP contribution in [-0.4, -0.2) is 18.7 Å². The molecule has 0 spiro atoms. The van der Waals surface area contributed by atoms with Crippen LogP contribution in [0.15, 0.2) is 47.6 Å². The van der Waals surface area contributed by atoms with E-state index in [-0.39, 0.29) is 5.91 Å². The van der Waals surface area contributed by atoms with Crippen LogP contribution in [0.3, 0.4) is 0 Å². The van der Waals surface area contributed by atoms with Crippen LogP contribution in [0.1, 0.15) is 76.3 Å². The van der Waals surface area contributed by atoms with Crippen molar-refractivity contribution < 1.29 is 14.3 Å². The molecular formula is C26H35ClN2O3. The van der Waals surface area contributed by atoms with E-state index in [9.17, 15) is 4.79 Å². The summed E-state index contributed by atoms with van der Waals surface area (Å²) in [5, 5.41) is 4.78. The summed E-state index contributed by atoms with van der Waals surface area (Å²) in [6.07, 6.45) is 10.4. The lowest BCUT2D eigenvalue weighted by atomic mass is 10.1. The first kappa shape index (κ1) is 25.7. The minimum atomic E-state index is -0.0530. The summed E-state index contributed by atoms with van der Waals surface area (Å²) in [6.45, 7) is 5.08. The Morgan fingerprint density at radius 3 is 2.38 bits per heavy atom. The van der Waals surface area contributed by atoms with Gasteiger partial charge in [0, 0.05) is 11.4 Å². The number of carbonyl (C=O) groups is 1. The number of nitrogens with one attached hydrogen (secondary N) is 1. The summed E-state index contributed by atoms with van der Waals surface area (Å²) in [5.74, 6) is 1.24. The van der Waals surface area contributed by atoms with Gasteiger partial charge in [-0.2, -0.15) is 5.10 Å². The van der Waals surface area contributed by atoms with Gasteiger partial charge in [-0.1, -0.05) is 69.2 Å². The van der Waals surface area contributed by atoms with Gasteiger partial charge in [-0.25, -0.2) is 5.43 Å². The number of amides is 1. The van der Waals surface area contributed by atoms with Crippen molar-refractivity contribution in [3.05, 3.63) is 58.6 Å². The first-order valence-corrected chi connectivity index (χ1v) is 12.0. The minimum absolute atomic E-state index is 0.0530. The SMILES string of the molecule is CCCCCCCCCC(=O)N/N=C\c1ccc(OCc2ccc(Cl)cc2)c(OCC)c1. The molecule has 5 nitrogen and oxygen atoms in total. The van der Waals surface area contributed by atoms with Crippen LogP contribution in [0.25, 0.3) is 0 Å². The van der Waals surface area contributed by atoms with Gasteiger partial charge >= 0.3 is 0 Å². The molecule has 1 amide bonds. The Labute approximate surface area is 197 Å². The van der Waals surface area contributed by atoms with E-state index in [1.54, 1.807) is 6.21 Å². The third-order valence-electron chi connectivity index (χ3n) is 4.99. The molecule has 0 radical (unpaired) electrons. The number of benzene rings is 2. The number of nitrogens with zero attached hydrogens (tertiary/aromatic N) is 1. The number of ether oxygens (including phenoxy) is 2. The maximum absolute atomic E-state index is 12.0. The Morgan fingerprint density at radius 2 is 1.66 bits per heavy atom. The lowest BCUT2D eigenvalue weighted by Crippen LogP contribution is -2.16. The Bertz CT molecular complexity index is 837. The van der Waals surface area contributed by atoms with E-state index >= 15 is 0 Å². The molecule has 0 aliphatic rings. The van der Waals surface area contributed by atoms with Crippen molar-refractivity contribution in [1.82, 2.24) is 5.43 Å². The number of rotatable bonds is 15. The molecule has 32 heavy (non-hydrogen) atoms. The molecule has 0 atom stereocenters. The highest BCUT2D eigenvalue weighted by Gasteiger charge is 2.07. The van der Waals surface area contributed by atoms with Gasteiger partial charge in [-0.05, 0) is 54.8 Å². The Morgan fingerprint density at radius 1 is 0.938 bits per heavy atom. The molecule has 2 aromatic rings. The fourth-order valence-electron chi connectivity index (χ4n) is 3.21. The third kappa shape index (κ3) is 10.2. The molecule has 0 heterocycles. The Kier molecular flexibility index (Phi) is 12.3. The fourth-order valence-corrected chi connectivity index (χ4v) is 3.34. The quantitative estimate of drug-likeness (QED) is 0.179. The predicted octanol–water partition coefficient (Wildman–Crippen LogP) is 6.91. The first-order chi connectivity index (χ1) is 15.6. The number of hydrogen-bond acceptors (Lipinski definition) is 4. The zero-order valence-corrected chi connectivity index (χ0v) is 20.0. The molecular weight excluding hydrogens is 424 g/mol. The summed E-state index contributed by atoms with van der Waals surface area (Å²) in [6, 6.07) is 13.1. The van der Waals surface area contributed by atoms with Crippen LogP contribution in [-0.2, 0) is 11.4 Å². The van der Waals surface area contributed by atoms with Crippen LogP contribution in [0.5, 0.6) is 11.5 Å². The van der Waals surface area contributed by atoms with Gasteiger partial charge in [-0.3, -0.25) is 4.79 Å². The molecule has 0 bridgehead atoms. The smallest absolute Gasteiger partial charge is 0.240 e. The second-order valence-electron chi connectivity index (χ2n) is 7.72. The van der Waals surface area contributed by atoms with E-state index in [0.29, 0.717) is 36.2 Å². The standard InChI is InChI=1S/C26H35ClN2O3/c1-3-5-6-7-8-9-10-11-26(30)29-28-19-22-14-17-24(25(18-22)31-4-2)32-20-21-12-15-23(27)16-13-21/h12-19H,3-11,20H2,1-2H3,(H,29,30)/b28-19-. The van der Waals surface area contributed by atoms with Crippen molar-refractivity contribution in [3.8, 4) is 11.5 Å². The third-order valence-corrected chi connectivity index (χ3v) is 5.24. The summed E-state index contributed by atoms with van der Waals surface area (Å²) in [7, 11) is 0. The van der Waals surface area contributed by atoms with Crippen molar-refractivity contribution in [1.29, 1.82) is 0 Å². The molecule has 0 saturated carbocycles. The van der Waals surface area contributed by atoms with Crippen LogP contribution in [0.2, 0.25) is 5.02 Å². The number of halogens is 1. The molecule has 2 rings (SSSR count). The highest BCUT2D eigenvalue weighted by molar-refractivity contribution is 6.30. The van der Waals surface area contributed by atoms with Crippen LogP contribution in [0, 0.1) is 0 Å². The van der Waals surface area contributed by atoms with Gasteiger partial charge in [0.05, 0.1) is 12.8 Å². The summed E-state index contributed by atoms with van der Waals surface area (Å²) in [5.41, 5.74) is 4.45. The number of unbranched alkanes of at least 4 members (excludes halogenated alkanes) is 6. The second kappa shape index (κ2) is 15.3. The average molecular weight is 459 g/mol. The molecule has 0 aliphatic carbocycles. The molecule has 2 aromatic carbocycles. The van der Waals surface area contributed by atoms with Crippen LogP contribution < -0.4 is 14.9 Å². The predicted molar refractivity (Wildman–Crippen MR) is 132 cm³/mol. The molecule has 6 heteroatoms. The summed E-state index contributed by atoms with van der Waals surface area (Å²) < 4.78 is 11.6. The normalized spacial score (nSPS) is 11.0. The van der Waals surface area contributed by atoms with Crippen molar-refractivity contribution in [2.75, 3.05) is 6.61 Å². The molecule has 1 N–H and O–H groups in total. The molecule has 174 valence electrons. The largest absolute Gasteiger partial charge is 0.490 e. The minimum Gasteiger partial charge on any atom is -0.490 e. The number of hydrogen-bond donors (Lipinski definition) is 1. The molecule has 0 fully saturated rings. The highest BCUT2D eigenvalue weighted by Crippen LogP contribution is 2.29. The summed E-state index contributed by atoms with van der Waals surface area (Å²) in [4.78, 5) is 12.0. The Balaban J connectivity index is 1.79. The second-order valence-corrected chi connectivity index (χ2v) is 8.16. The number of hydrazone groups is 1. The van der Waals surface area contributed by atoms with E-state index < -0.39 is 0 Å². The maximum Gasteiger partial charge on any atom is 0.240 e. The zero-order valence-electron chi connectivity index (χ0n) is 19.2. The lowest BCUT2D eigenvalue weighted by Gasteiger charge is -2.12. The van der Waals surface area contributed by atoms with Crippen molar-refractivity contribution in [2.45, 2.75) is 71.8 Å².